The van der Waals surface area contributed by atoms with Gasteiger partial charge in [-0.3, -0.25) is 0 Å². The normalized spacial score (nSPS) is 15.0. The van der Waals surface area contributed by atoms with E-state index in [4.69, 9.17) is 5.73 Å². The molecule has 0 saturated heterocycles. The molecule has 1 aromatic rings. The number of rotatable bonds is 4. The third kappa shape index (κ3) is 1.96. The molecule has 0 bridgehead atoms. The second-order valence-electron chi connectivity index (χ2n) is 4.04. The number of nitrogen functional groups attached to an aromatic ring is 1. The number of aromatic nitrogens is 1. The molecule has 3 heteroatoms. The highest BCUT2D eigenvalue weighted by Gasteiger charge is 2.30. The minimum absolute atomic E-state index is 0.611. The summed E-state index contributed by atoms with van der Waals surface area (Å²) in [6, 6.07) is 2.55. The zero-order chi connectivity index (χ0) is 10.8. The van der Waals surface area contributed by atoms with Gasteiger partial charge in [-0.1, -0.05) is 6.08 Å². The van der Waals surface area contributed by atoms with Crippen molar-refractivity contribution in [1.29, 1.82) is 0 Å². The first-order valence-electron chi connectivity index (χ1n) is 5.32. The minimum Gasteiger partial charge on any atom is -0.396 e. The van der Waals surface area contributed by atoms with E-state index in [0.29, 0.717) is 6.04 Å². The lowest BCUT2D eigenvalue weighted by atomic mass is 10.2. The molecule has 3 nitrogen and oxygen atoms in total. The van der Waals surface area contributed by atoms with Gasteiger partial charge in [-0.05, 0) is 31.4 Å². The van der Waals surface area contributed by atoms with Crippen LogP contribution in [0.1, 0.15) is 18.4 Å². The largest absolute Gasteiger partial charge is 0.396 e. The summed E-state index contributed by atoms with van der Waals surface area (Å²) in [5.41, 5.74) is 7.93. The second-order valence-corrected chi connectivity index (χ2v) is 4.04. The number of hydrogen-bond donors (Lipinski definition) is 1. The Morgan fingerprint density at radius 1 is 1.67 bits per heavy atom. The van der Waals surface area contributed by atoms with E-state index in [1.807, 2.05) is 25.3 Å². The van der Waals surface area contributed by atoms with Crippen LogP contribution in [0.2, 0.25) is 0 Å². The summed E-state index contributed by atoms with van der Waals surface area (Å²) in [7, 11) is 0. The van der Waals surface area contributed by atoms with Gasteiger partial charge in [0.1, 0.15) is 0 Å². The number of pyridine rings is 1. The Bertz CT molecular complexity index is 369. The van der Waals surface area contributed by atoms with Gasteiger partial charge in [-0.2, -0.15) is 0 Å². The zero-order valence-corrected chi connectivity index (χ0v) is 9.11. The van der Waals surface area contributed by atoms with E-state index >= 15 is 0 Å². The SMILES string of the molecule is C=CCN(c1nccc(C)c1N)C1CC1. The van der Waals surface area contributed by atoms with Crippen LogP contribution in [0.5, 0.6) is 0 Å². The van der Waals surface area contributed by atoms with Crippen LogP contribution in [0.15, 0.2) is 24.9 Å². The van der Waals surface area contributed by atoms with E-state index < -0.39 is 0 Å². The Hall–Kier alpha value is -1.51. The summed E-state index contributed by atoms with van der Waals surface area (Å²) in [4.78, 5) is 6.62. The first-order chi connectivity index (χ1) is 7.24. The number of hydrogen-bond acceptors (Lipinski definition) is 3. The predicted molar refractivity (Wildman–Crippen MR) is 64.0 cm³/mol. The predicted octanol–water partition coefficient (Wildman–Crippen LogP) is 2.13. The molecule has 0 aliphatic heterocycles. The number of nitrogens with two attached hydrogens (primary N) is 1. The molecular weight excluding hydrogens is 186 g/mol. The Labute approximate surface area is 90.6 Å². The van der Waals surface area contributed by atoms with Crippen LogP contribution >= 0.6 is 0 Å². The average Bonchev–Trinajstić information content (AvgIpc) is 3.03. The van der Waals surface area contributed by atoms with Gasteiger partial charge < -0.3 is 10.6 Å². The maximum Gasteiger partial charge on any atom is 0.152 e. The van der Waals surface area contributed by atoms with Crippen molar-refractivity contribution in [3.8, 4) is 0 Å². The highest BCUT2D eigenvalue weighted by atomic mass is 15.2. The smallest absolute Gasteiger partial charge is 0.152 e. The van der Waals surface area contributed by atoms with Gasteiger partial charge in [-0.25, -0.2) is 4.98 Å². The number of aryl methyl sites for hydroxylation is 1. The van der Waals surface area contributed by atoms with Crippen LogP contribution in [0.4, 0.5) is 11.5 Å². The van der Waals surface area contributed by atoms with E-state index in [2.05, 4.69) is 16.5 Å². The van der Waals surface area contributed by atoms with Crippen LogP contribution < -0.4 is 10.6 Å². The molecule has 80 valence electrons. The molecule has 1 saturated carbocycles. The van der Waals surface area contributed by atoms with Gasteiger partial charge in [0.05, 0.1) is 5.69 Å². The van der Waals surface area contributed by atoms with Crippen LogP contribution in [0.3, 0.4) is 0 Å². The number of nitrogens with zero attached hydrogens (tertiary/aromatic N) is 2. The van der Waals surface area contributed by atoms with Crippen LogP contribution in [0.25, 0.3) is 0 Å². The van der Waals surface area contributed by atoms with Crippen molar-refractivity contribution >= 4 is 11.5 Å². The average molecular weight is 203 g/mol. The lowest BCUT2D eigenvalue weighted by Crippen LogP contribution is -2.27. The van der Waals surface area contributed by atoms with Crippen molar-refractivity contribution in [1.82, 2.24) is 4.98 Å². The van der Waals surface area contributed by atoms with Crippen molar-refractivity contribution in [3.63, 3.8) is 0 Å². The first kappa shape index (κ1) is 10.0. The molecule has 0 radical (unpaired) electrons. The highest BCUT2D eigenvalue weighted by molar-refractivity contribution is 5.67. The maximum absolute atomic E-state index is 6.04. The summed E-state index contributed by atoms with van der Waals surface area (Å²) < 4.78 is 0. The Balaban J connectivity index is 2.32. The van der Waals surface area contributed by atoms with Crippen LogP contribution in [-0.4, -0.2) is 17.6 Å². The fourth-order valence-electron chi connectivity index (χ4n) is 1.72. The molecule has 2 N–H and O–H groups in total. The van der Waals surface area contributed by atoms with E-state index in [-0.39, 0.29) is 0 Å². The number of anilines is 2. The Kier molecular flexibility index (Phi) is 2.62. The molecule has 1 fully saturated rings. The van der Waals surface area contributed by atoms with E-state index in [1.165, 1.54) is 12.8 Å². The third-order valence-electron chi connectivity index (χ3n) is 2.77. The molecule has 1 heterocycles. The summed E-state index contributed by atoms with van der Waals surface area (Å²) in [5, 5.41) is 0. The molecule has 0 atom stereocenters. The zero-order valence-electron chi connectivity index (χ0n) is 9.11. The van der Waals surface area contributed by atoms with Gasteiger partial charge in [-0.15, -0.1) is 6.58 Å². The molecule has 0 spiro atoms. The molecule has 1 aromatic heterocycles. The standard InChI is InChI=1S/C12H17N3/c1-3-8-15(10-4-5-10)12-11(13)9(2)6-7-14-12/h3,6-7,10H,1,4-5,8,13H2,2H3. The van der Waals surface area contributed by atoms with Crippen LogP contribution in [-0.2, 0) is 0 Å². The van der Waals surface area contributed by atoms with Crippen molar-refractivity contribution in [2.45, 2.75) is 25.8 Å². The summed E-state index contributed by atoms with van der Waals surface area (Å²) in [5.74, 6) is 0.914. The molecule has 2 rings (SSSR count). The van der Waals surface area contributed by atoms with Crippen molar-refractivity contribution < 1.29 is 0 Å². The van der Waals surface area contributed by atoms with Crippen molar-refractivity contribution in [2.75, 3.05) is 17.2 Å². The van der Waals surface area contributed by atoms with E-state index in [1.54, 1.807) is 0 Å². The van der Waals surface area contributed by atoms with Gasteiger partial charge in [0, 0.05) is 18.8 Å². The van der Waals surface area contributed by atoms with E-state index in [9.17, 15) is 0 Å². The van der Waals surface area contributed by atoms with Gasteiger partial charge in [0.25, 0.3) is 0 Å². The second kappa shape index (κ2) is 3.93. The van der Waals surface area contributed by atoms with Gasteiger partial charge >= 0.3 is 0 Å². The maximum atomic E-state index is 6.04. The Morgan fingerprint density at radius 2 is 2.40 bits per heavy atom. The molecule has 0 unspecified atom stereocenters. The molecule has 0 aromatic carbocycles. The third-order valence-corrected chi connectivity index (χ3v) is 2.77. The molecular formula is C12H17N3. The summed E-state index contributed by atoms with van der Waals surface area (Å²) >= 11 is 0. The lowest BCUT2D eigenvalue weighted by molar-refractivity contribution is 0.842. The molecule has 1 aliphatic carbocycles. The minimum atomic E-state index is 0.611. The fourth-order valence-corrected chi connectivity index (χ4v) is 1.72. The lowest BCUT2D eigenvalue weighted by Gasteiger charge is -2.23. The van der Waals surface area contributed by atoms with Crippen molar-refractivity contribution in [2.24, 2.45) is 0 Å². The summed E-state index contributed by atoms with van der Waals surface area (Å²) in [6.45, 7) is 6.62. The van der Waals surface area contributed by atoms with Gasteiger partial charge in [0.2, 0.25) is 0 Å². The summed E-state index contributed by atoms with van der Waals surface area (Å²) in [6.07, 6.45) is 6.20. The molecule has 1 aliphatic rings. The van der Waals surface area contributed by atoms with Gasteiger partial charge in [0.15, 0.2) is 5.82 Å². The highest BCUT2D eigenvalue weighted by Crippen LogP contribution is 2.34. The van der Waals surface area contributed by atoms with E-state index in [0.717, 1.165) is 23.6 Å². The topological polar surface area (TPSA) is 42.2 Å². The monoisotopic (exact) mass is 203 g/mol. The quantitative estimate of drug-likeness (QED) is 0.762. The first-order valence-corrected chi connectivity index (χ1v) is 5.32. The molecule has 0 amide bonds. The molecule has 15 heavy (non-hydrogen) atoms. The van der Waals surface area contributed by atoms with Crippen molar-refractivity contribution in [3.05, 3.63) is 30.5 Å². The fraction of sp³-hybridized carbons (Fsp3) is 0.417. The van der Waals surface area contributed by atoms with Crippen LogP contribution in [0, 0.1) is 6.92 Å². The Morgan fingerprint density at radius 3 is 3.00 bits per heavy atom.